The number of hydrogen-bond donors (Lipinski definition) is 1. The van der Waals surface area contributed by atoms with Gasteiger partial charge in [-0.25, -0.2) is 17.2 Å². The maximum Gasteiger partial charge on any atom is 0.178 e. The second-order valence-electron chi connectivity index (χ2n) is 7.05. The molecule has 0 radical (unpaired) electrons. The summed E-state index contributed by atoms with van der Waals surface area (Å²) < 4.78 is 51.8. The van der Waals surface area contributed by atoms with Gasteiger partial charge in [0, 0.05) is 13.1 Å². The summed E-state index contributed by atoms with van der Waals surface area (Å²) in [7, 11) is -3.43. The van der Waals surface area contributed by atoms with Crippen molar-refractivity contribution in [1.29, 1.82) is 0 Å². The van der Waals surface area contributed by atoms with Gasteiger partial charge >= 0.3 is 0 Å². The maximum atomic E-state index is 13.4. The van der Waals surface area contributed by atoms with Gasteiger partial charge < -0.3 is 5.11 Å². The van der Waals surface area contributed by atoms with Gasteiger partial charge in [-0.15, -0.1) is 0 Å². The molecule has 1 heterocycles. The first-order valence-corrected chi connectivity index (χ1v) is 10.6. The van der Waals surface area contributed by atoms with E-state index < -0.39 is 27.7 Å². The lowest BCUT2D eigenvalue weighted by Gasteiger charge is -2.33. The van der Waals surface area contributed by atoms with Gasteiger partial charge in [0.1, 0.15) is 6.23 Å². The van der Waals surface area contributed by atoms with E-state index in [2.05, 4.69) is 0 Å². The molecule has 1 aliphatic heterocycles. The monoisotopic (exact) mass is 395 g/mol. The topological polar surface area (TPSA) is 57.6 Å². The lowest BCUT2D eigenvalue weighted by atomic mass is 9.99. The van der Waals surface area contributed by atoms with E-state index in [1.54, 1.807) is 19.1 Å². The standard InChI is InChI=1S/C20H23F2NO3S/c1-14(24)23-10-8-15(9-11-23)13-27(25,26)18-5-2-16(3-6-18)17-4-7-19(21)20(22)12-17/h2-7,12,14-15,24H,8-11,13H2,1H3. The SMILES string of the molecule is CC(O)N1CCC(CS(=O)(=O)c2ccc(-c3ccc(F)c(F)c3)cc2)CC1. The number of rotatable bonds is 5. The third-order valence-corrected chi connectivity index (χ3v) is 7.00. The van der Waals surface area contributed by atoms with Gasteiger partial charge in [0.15, 0.2) is 21.5 Å². The Morgan fingerprint density at radius 3 is 2.19 bits per heavy atom. The molecule has 1 aliphatic rings. The Kier molecular flexibility index (Phi) is 5.93. The van der Waals surface area contributed by atoms with E-state index in [-0.39, 0.29) is 16.6 Å². The molecule has 0 saturated carbocycles. The molecule has 1 N–H and O–H groups in total. The molecular formula is C20H23F2NO3S. The van der Waals surface area contributed by atoms with Crippen molar-refractivity contribution < 1.29 is 22.3 Å². The minimum atomic E-state index is -3.43. The average molecular weight is 395 g/mol. The van der Waals surface area contributed by atoms with E-state index in [4.69, 9.17) is 0 Å². The van der Waals surface area contributed by atoms with Crippen molar-refractivity contribution in [2.24, 2.45) is 5.92 Å². The molecule has 0 aliphatic carbocycles. The number of benzene rings is 2. The maximum absolute atomic E-state index is 13.4. The van der Waals surface area contributed by atoms with Crippen molar-refractivity contribution in [3.63, 3.8) is 0 Å². The molecule has 1 atom stereocenters. The molecule has 0 amide bonds. The molecular weight excluding hydrogens is 372 g/mol. The first-order chi connectivity index (χ1) is 12.8. The van der Waals surface area contributed by atoms with Crippen molar-refractivity contribution in [3.8, 4) is 11.1 Å². The quantitative estimate of drug-likeness (QED) is 0.843. The highest BCUT2D eigenvalue weighted by atomic mass is 32.2. The van der Waals surface area contributed by atoms with E-state index in [0.717, 1.165) is 25.0 Å². The molecule has 1 fully saturated rings. The minimum Gasteiger partial charge on any atom is -0.379 e. The second-order valence-corrected chi connectivity index (χ2v) is 9.08. The number of aliphatic hydroxyl groups excluding tert-OH is 1. The minimum absolute atomic E-state index is 0.0656. The van der Waals surface area contributed by atoms with Crippen LogP contribution in [0.2, 0.25) is 0 Å². The fourth-order valence-electron chi connectivity index (χ4n) is 3.43. The fraction of sp³-hybridized carbons (Fsp3) is 0.400. The van der Waals surface area contributed by atoms with Crippen LogP contribution in [-0.4, -0.2) is 43.5 Å². The van der Waals surface area contributed by atoms with E-state index in [1.807, 2.05) is 4.90 Å². The summed E-state index contributed by atoms with van der Waals surface area (Å²) in [6, 6.07) is 9.83. The molecule has 0 aromatic heterocycles. The number of halogens is 2. The van der Waals surface area contributed by atoms with Crippen LogP contribution in [0.5, 0.6) is 0 Å². The number of aliphatic hydroxyl groups is 1. The van der Waals surface area contributed by atoms with Crippen LogP contribution in [0.1, 0.15) is 19.8 Å². The smallest absolute Gasteiger partial charge is 0.178 e. The Morgan fingerprint density at radius 1 is 1.04 bits per heavy atom. The molecule has 7 heteroatoms. The summed E-state index contributed by atoms with van der Waals surface area (Å²) in [5.74, 6) is -1.71. The van der Waals surface area contributed by atoms with E-state index in [9.17, 15) is 22.3 Å². The lowest BCUT2D eigenvalue weighted by Crippen LogP contribution is -2.41. The zero-order chi connectivity index (χ0) is 19.6. The predicted molar refractivity (Wildman–Crippen MR) is 99.8 cm³/mol. The molecule has 27 heavy (non-hydrogen) atoms. The van der Waals surface area contributed by atoms with E-state index >= 15 is 0 Å². The van der Waals surface area contributed by atoms with Crippen LogP contribution in [0.3, 0.4) is 0 Å². The Bertz CT molecular complexity index is 890. The largest absolute Gasteiger partial charge is 0.379 e. The van der Waals surface area contributed by atoms with E-state index in [1.165, 1.54) is 18.2 Å². The molecule has 2 aromatic rings. The summed E-state index contributed by atoms with van der Waals surface area (Å²) >= 11 is 0. The van der Waals surface area contributed by atoms with Gasteiger partial charge in [0.05, 0.1) is 10.6 Å². The Balaban J connectivity index is 1.69. The van der Waals surface area contributed by atoms with Crippen LogP contribution in [0.15, 0.2) is 47.4 Å². The molecule has 0 bridgehead atoms. The normalized spacial score (nSPS) is 17.8. The number of piperidine rings is 1. The number of sulfone groups is 1. The Morgan fingerprint density at radius 2 is 1.63 bits per heavy atom. The molecule has 1 saturated heterocycles. The van der Waals surface area contributed by atoms with Crippen molar-refractivity contribution in [3.05, 3.63) is 54.1 Å². The van der Waals surface area contributed by atoms with E-state index in [0.29, 0.717) is 24.2 Å². The molecule has 146 valence electrons. The summed E-state index contributed by atoms with van der Waals surface area (Å²) in [6.07, 6.45) is 0.958. The van der Waals surface area contributed by atoms with Gasteiger partial charge in [-0.1, -0.05) is 18.2 Å². The third kappa shape index (κ3) is 4.72. The highest BCUT2D eigenvalue weighted by Crippen LogP contribution is 2.26. The van der Waals surface area contributed by atoms with Gasteiger partial charge in [0.2, 0.25) is 0 Å². The highest BCUT2D eigenvalue weighted by Gasteiger charge is 2.26. The zero-order valence-electron chi connectivity index (χ0n) is 15.1. The fourth-order valence-corrected chi connectivity index (χ4v) is 5.13. The van der Waals surface area contributed by atoms with Crippen LogP contribution < -0.4 is 0 Å². The Labute approximate surface area is 158 Å². The molecule has 4 nitrogen and oxygen atoms in total. The van der Waals surface area contributed by atoms with Crippen molar-refractivity contribution in [1.82, 2.24) is 4.90 Å². The van der Waals surface area contributed by atoms with Crippen LogP contribution >= 0.6 is 0 Å². The van der Waals surface area contributed by atoms with Gasteiger partial charge in [-0.3, -0.25) is 4.90 Å². The second kappa shape index (κ2) is 8.04. The number of hydrogen-bond acceptors (Lipinski definition) is 4. The zero-order valence-corrected chi connectivity index (χ0v) is 15.9. The molecule has 2 aromatic carbocycles. The lowest BCUT2D eigenvalue weighted by molar-refractivity contribution is -0.00126. The molecule has 0 spiro atoms. The van der Waals surface area contributed by atoms with Gasteiger partial charge in [-0.2, -0.15) is 0 Å². The average Bonchev–Trinajstić information content (AvgIpc) is 2.64. The Hall–Kier alpha value is -1.83. The van der Waals surface area contributed by atoms with Crippen LogP contribution in [0, 0.1) is 17.6 Å². The van der Waals surface area contributed by atoms with Crippen molar-refractivity contribution >= 4 is 9.84 Å². The van der Waals surface area contributed by atoms with Crippen molar-refractivity contribution in [2.75, 3.05) is 18.8 Å². The summed E-state index contributed by atoms with van der Waals surface area (Å²) in [5, 5.41) is 9.59. The highest BCUT2D eigenvalue weighted by molar-refractivity contribution is 7.91. The van der Waals surface area contributed by atoms with Crippen LogP contribution in [-0.2, 0) is 9.84 Å². The predicted octanol–water partition coefficient (Wildman–Crippen LogP) is 3.46. The third-order valence-electron chi connectivity index (χ3n) is 5.10. The number of nitrogens with zero attached hydrogens (tertiary/aromatic N) is 1. The first-order valence-electron chi connectivity index (χ1n) is 8.96. The summed E-state index contributed by atoms with van der Waals surface area (Å²) in [5.41, 5.74) is 1.11. The van der Waals surface area contributed by atoms with Crippen LogP contribution in [0.25, 0.3) is 11.1 Å². The number of likely N-dealkylation sites (tertiary alicyclic amines) is 1. The molecule has 1 unspecified atom stereocenters. The molecule has 3 rings (SSSR count). The van der Waals surface area contributed by atoms with Crippen molar-refractivity contribution in [2.45, 2.75) is 30.9 Å². The summed E-state index contributed by atoms with van der Waals surface area (Å²) in [4.78, 5) is 2.16. The van der Waals surface area contributed by atoms with Gasteiger partial charge in [0.25, 0.3) is 0 Å². The van der Waals surface area contributed by atoms with Gasteiger partial charge in [-0.05, 0) is 61.1 Å². The summed E-state index contributed by atoms with van der Waals surface area (Å²) in [6.45, 7) is 3.09. The first kappa shape index (κ1) is 19.9. The van der Waals surface area contributed by atoms with Crippen LogP contribution in [0.4, 0.5) is 8.78 Å².